The van der Waals surface area contributed by atoms with Crippen molar-refractivity contribution in [3.63, 3.8) is 0 Å². The van der Waals surface area contributed by atoms with E-state index in [0.29, 0.717) is 0 Å². The Hall–Kier alpha value is 0.430. The maximum atomic E-state index is 1.56. The standard InChI is InChI=1S/C16H30.H3P/c1-3-7-11-15(12-8-4-1)16-13-9-5-2-6-10-14-16;/h15-16H,1-14H2;1H3. The van der Waals surface area contributed by atoms with Crippen molar-refractivity contribution in [1.82, 2.24) is 0 Å². The number of hydrogen-bond acceptors (Lipinski definition) is 0. The molecule has 0 aromatic rings. The van der Waals surface area contributed by atoms with Crippen molar-refractivity contribution in [1.29, 1.82) is 0 Å². The molecule has 0 amide bonds. The van der Waals surface area contributed by atoms with Gasteiger partial charge in [-0.15, -0.1) is 0 Å². The van der Waals surface area contributed by atoms with Gasteiger partial charge in [0, 0.05) is 0 Å². The Labute approximate surface area is 112 Å². The predicted molar refractivity (Wildman–Crippen MR) is 82.7 cm³/mol. The van der Waals surface area contributed by atoms with E-state index in [-0.39, 0.29) is 9.90 Å². The monoisotopic (exact) mass is 256 g/mol. The molecule has 0 aromatic carbocycles. The van der Waals surface area contributed by atoms with E-state index < -0.39 is 0 Å². The Balaban J connectivity index is 0.00000144. The summed E-state index contributed by atoms with van der Waals surface area (Å²) in [7, 11) is 0. The molecule has 2 aliphatic carbocycles. The smallest absolute Gasteiger partial charge is 0.0386 e. The summed E-state index contributed by atoms with van der Waals surface area (Å²) in [6.07, 6.45) is 21.4. The molecular weight excluding hydrogens is 223 g/mol. The van der Waals surface area contributed by atoms with Crippen LogP contribution in [-0.4, -0.2) is 0 Å². The first kappa shape index (κ1) is 15.5. The molecule has 0 spiro atoms. The maximum absolute atomic E-state index is 1.56. The molecule has 0 aliphatic heterocycles. The molecule has 2 fully saturated rings. The van der Waals surface area contributed by atoms with Crippen molar-refractivity contribution < 1.29 is 0 Å². The van der Waals surface area contributed by atoms with Crippen LogP contribution in [-0.2, 0) is 0 Å². The molecule has 102 valence electrons. The summed E-state index contributed by atoms with van der Waals surface area (Å²) in [5.74, 6) is 2.22. The fraction of sp³-hybridized carbons (Fsp3) is 1.00. The van der Waals surface area contributed by atoms with Gasteiger partial charge in [0.2, 0.25) is 0 Å². The van der Waals surface area contributed by atoms with E-state index in [4.69, 9.17) is 0 Å². The van der Waals surface area contributed by atoms with Crippen molar-refractivity contribution in [3.8, 4) is 0 Å². The van der Waals surface area contributed by atoms with E-state index in [1.807, 2.05) is 0 Å². The number of rotatable bonds is 1. The first-order valence-electron chi connectivity index (χ1n) is 7.97. The summed E-state index contributed by atoms with van der Waals surface area (Å²) in [5.41, 5.74) is 0. The zero-order valence-corrected chi connectivity index (χ0v) is 13.2. The second-order valence-corrected chi connectivity index (χ2v) is 6.21. The van der Waals surface area contributed by atoms with Crippen molar-refractivity contribution in [3.05, 3.63) is 0 Å². The van der Waals surface area contributed by atoms with Crippen LogP contribution in [0, 0.1) is 11.8 Å². The Kier molecular flexibility index (Phi) is 8.54. The van der Waals surface area contributed by atoms with Crippen molar-refractivity contribution >= 4 is 9.90 Å². The predicted octanol–water partition coefficient (Wildman–Crippen LogP) is 5.77. The lowest BCUT2D eigenvalue weighted by molar-refractivity contribution is 0.221. The van der Waals surface area contributed by atoms with E-state index in [0.717, 1.165) is 11.8 Å². The normalized spacial score (nSPS) is 26.1. The average molecular weight is 256 g/mol. The summed E-state index contributed by atoms with van der Waals surface area (Å²) in [4.78, 5) is 0. The largest absolute Gasteiger partial charge is 0.153 e. The lowest BCUT2D eigenvalue weighted by Crippen LogP contribution is -2.17. The zero-order chi connectivity index (χ0) is 11.1. The fourth-order valence-corrected chi connectivity index (χ4v) is 3.92. The highest BCUT2D eigenvalue weighted by Gasteiger charge is 2.22. The van der Waals surface area contributed by atoms with Gasteiger partial charge in [-0.05, 0) is 11.8 Å². The number of hydrogen-bond donors (Lipinski definition) is 0. The van der Waals surface area contributed by atoms with Gasteiger partial charge in [-0.25, -0.2) is 0 Å². The van der Waals surface area contributed by atoms with Crippen LogP contribution in [0.2, 0.25) is 0 Å². The fourth-order valence-electron chi connectivity index (χ4n) is 3.92. The molecule has 0 N–H and O–H groups in total. The summed E-state index contributed by atoms with van der Waals surface area (Å²) in [5, 5.41) is 0. The third-order valence-electron chi connectivity index (χ3n) is 4.97. The molecule has 17 heavy (non-hydrogen) atoms. The molecule has 0 radical (unpaired) electrons. The van der Waals surface area contributed by atoms with Crippen molar-refractivity contribution in [2.24, 2.45) is 11.8 Å². The first-order valence-corrected chi connectivity index (χ1v) is 7.97. The zero-order valence-electron chi connectivity index (χ0n) is 11.8. The minimum atomic E-state index is 0. The molecular formula is C16H33P. The van der Waals surface area contributed by atoms with Gasteiger partial charge in [-0.2, -0.15) is 9.90 Å². The van der Waals surface area contributed by atoms with Gasteiger partial charge in [-0.1, -0.05) is 89.9 Å². The van der Waals surface area contributed by atoms with Gasteiger partial charge in [0.25, 0.3) is 0 Å². The molecule has 1 atom stereocenters. The topological polar surface area (TPSA) is 0 Å². The van der Waals surface area contributed by atoms with E-state index >= 15 is 0 Å². The molecule has 2 aliphatic rings. The highest BCUT2D eigenvalue weighted by molar-refractivity contribution is 6.92. The van der Waals surface area contributed by atoms with Crippen LogP contribution in [0.4, 0.5) is 0 Å². The summed E-state index contributed by atoms with van der Waals surface area (Å²) >= 11 is 0. The third kappa shape index (κ3) is 5.73. The van der Waals surface area contributed by atoms with Crippen molar-refractivity contribution in [2.75, 3.05) is 0 Å². The lowest BCUT2D eigenvalue weighted by Gasteiger charge is -2.30. The van der Waals surface area contributed by atoms with Crippen LogP contribution in [0.5, 0.6) is 0 Å². The molecule has 2 saturated carbocycles. The van der Waals surface area contributed by atoms with E-state index in [2.05, 4.69) is 0 Å². The van der Waals surface area contributed by atoms with Gasteiger partial charge in [0.05, 0.1) is 0 Å². The Morgan fingerprint density at radius 3 is 0.882 bits per heavy atom. The maximum Gasteiger partial charge on any atom is -0.0386 e. The summed E-state index contributed by atoms with van der Waals surface area (Å²) < 4.78 is 0. The average Bonchev–Trinajstić information content (AvgIpc) is 2.18. The van der Waals surface area contributed by atoms with Crippen LogP contribution in [0.25, 0.3) is 0 Å². The third-order valence-corrected chi connectivity index (χ3v) is 4.97. The van der Waals surface area contributed by atoms with Crippen LogP contribution in [0.1, 0.15) is 89.9 Å². The highest BCUT2D eigenvalue weighted by Crippen LogP contribution is 2.35. The minimum Gasteiger partial charge on any atom is -0.153 e. The van der Waals surface area contributed by atoms with E-state index in [1.165, 1.54) is 64.2 Å². The van der Waals surface area contributed by atoms with Gasteiger partial charge >= 0.3 is 0 Å². The quantitative estimate of drug-likeness (QED) is 0.523. The molecule has 0 saturated heterocycles. The Morgan fingerprint density at radius 2 is 0.588 bits per heavy atom. The SMILES string of the molecule is C1CCCC(C2CCCCCCC2)CCC1.P. The second-order valence-electron chi connectivity index (χ2n) is 6.21. The van der Waals surface area contributed by atoms with Crippen LogP contribution in [0.15, 0.2) is 0 Å². The minimum absolute atomic E-state index is 0. The second kappa shape index (κ2) is 9.37. The van der Waals surface area contributed by atoms with Gasteiger partial charge in [-0.3, -0.25) is 0 Å². The summed E-state index contributed by atoms with van der Waals surface area (Å²) in [6.45, 7) is 0. The van der Waals surface area contributed by atoms with Gasteiger partial charge in [0.15, 0.2) is 0 Å². The molecule has 0 heterocycles. The molecule has 0 bridgehead atoms. The van der Waals surface area contributed by atoms with E-state index in [9.17, 15) is 0 Å². The van der Waals surface area contributed by atoms with Crippen molar-refractivity contribution in [2.45, 2.75) is 89.9 Å². The molecule has 2 rings (SSSR count). The van der Waals surface area contributed by atoms with Crippen LogP contribution in [0.3, 0.4) is 0 Å². The summed E-state index contributed by atoms with van der Waals surface area (Å²) in [6, 6.07) is 0. The molecule has 1 unspecified atom stereocenters. The molecule has 0 nitrogen and oxygen atoms in total. The highest BCUT2D eigenvalue weighted by atomic mass is 31.0. The Morgan fingerprint density at radius 1 is 0.353 bits per heavy atom. The first-order chi connectivity index (χ1) is 7.97. The van der Waals surface area contributed by atoms with Crippen LogP contribution >= 0.6 is 9.90 Å². The van der Waals surface area contributed by atoms with Gasteiger partial charge < -0.3 is 0 Å². The molecule has 0 aromatic heterocycles. The lowest BCUT2D eigenvalue weighted by atomic mass is 9.76. The van der Waals surface area contributed by atoms with Gasteiger partial charge in [0.1, 0.15) is 0 Å². The molecule has 1 heteroatoms. The van der Waals surface area contributed by atoms with Crippen LogP contribution < -0.4 is 0 Å². The Bertz CT molecular complexity index is 142. The van der Waals surface area contributed by atoms with E-state index in [1.54, 1.807) is 25.7 Å².